The van der Waals surface area contributed by atoms with Gasteiger partial charge in [0.2, 0.25) is 0 Å². The summed E-state index contributed by atoms with van der Waals surface area (Å²) >= 11 is 0. The highest BCUT2D eigenvalue weighted by Gasteiger charge is 2.24. The number of nitrogens with zero attached hydrogens (tertiary/aromatic N) is 1. The summed E-state index contributed by atoms with van der Waals surface area (Å²) in [6.07, 6.45) is 5.34. The average Bonchev–Trinajstić information content (AvgIpc) is 2.42. The van der Waals surface area contributed by atoms with Crippen LogP contribution < -0.4 is 10.6 Å². The Balaban J connectivity index is 2.01. The van der Waals surface area contributed by atoms with E-state index in [9.17, 15) is 4.79 Å². The molecule has 3 unspecified atom stereocenters. The van der Waals surface area contributed by atoms with Gasteiger partial charge in [-0.1, -0.05) is 13.8 Å². The summed E-state index contributed by atoms with van der Waals surface area (Å²) < 4.78 is 0. The quantitative estimate of drug-likeness (QED) is 0.879. The number of aromatic nitrogens is 1. The average molecular weight is 261 g/mol. The molecule has 0 aromatic carbocycles. The molecule has 0 saturated heterocycles. The lowest BCUT2D eigenvalue weighted by molar-refractivity contribution is 0.0958. The van der Waals surface area contributed by atoms with Gasteiger partial charge in [-0.15, -0.1) is 0 Å². The first-order chi connectivity index (χ1) is 9.10. The van der Waals surface area contributed by atoms with Crippen LogP contribution in [0.3, 0.4) is 0 Å². The number of rotatable bonds is 3. The number of carbonyl (C=O) groups excluding carboxylic acids is 1. The second-order valence-electron chi connectivity index (χ2n) is 5.62. The van der Waals surface area contributed by atoms with Crippen LogP contribution in [0.5, 0.6) is 0 Å². The minimum atomic E-state index is -0.144. The normalized spacial score (nSPS) is 26.8. The fourth-order valence-corrected chi connectivity index (χ4v) is 2.69. The van der Waals surface area contributed by atoms with Crippen molar-refractivity contribution in [2.45, 2.75) is 39.2 Å². The molecule has 1 fully saturated rings. The highest BCUT2D eigenvalue weighted by Crippen LogP contribution is 2.31. The number of hydrogen-bond donors (Lipinski definition) is 2. The van der Waals surface area contributed by atoms with Crippen molar-refractivity contribution in [3.8, 4) is 0 Å². The Morgan fingerprint density at radius 2 is 2.11 bits per heavy atom. The van der Waals surface area contributed by atoms with E-state index in [2.05, 4.69) is 29.5 Å². The molecule has 0 bridgehead atoms. The van der Waals surface area contributed by atoms with E-state index in [1.165, 1.54) is 19.3 Å². The first-order valence-corrected chi connectivity index (χ1v) is 7.04. The minimum absolute atomic E-state index is 0.144. The number of hydrogen-bond acceptors (Lipinski definition) is 3. The summed E-state index contributed by atoms with van der Waals surface area (Å²) in [4.78, 5) is 15.6. The van der Waals surface area contributed by atoms with E-state index in [0.29, 0.717) is 11.7 Å². The Morgan fingerprint density at radius 3 is 2.79 bits per heavy atom. The molecule has 1 heterocycles. The Morgan fingerprint density at radius 1 is 1.32 bits per heavy atom. The molecule has 1 aromatic heterocycles. The third-order valence-electron chi connectivity index (χ3n) is 4.19. The number of carbonyl (C=O) groups is 1. The molecule has 4 heteroatoms. The topological polar surface area (TPSA) is 54.0 Å². The molecule has 2 rings (SSSR count). The van der Waals surface area contributed by atoms with Crippen LogP contribution >= 0.6 is 0 Å². The van der Waals surface area contributed by atoms with E-state index in [0.717, 1.165) is 17.5 Å². The van der Waals surface area contributed by atoms with Crippen LogP contribution in [0.2, 0.25) is 0 Å². The van der Waals surface area contributed by atoms with Crippen LogP contribution in [0.15, 0.2) is 18.3 Å². The van der Waals surface area contributed by atoms with Gasteiger partial charge < -0.3 is 10.6 Å². The van der Waals surface area contributed by atoms with Gasteiger partial charge in [0.15, 0.2) is 0 Å². The molecule has 0 aliphatic heterocycles. The van der Waals surface area contributed by atoms with Crippen LogP contribution in [0.25, 0.3) is 0 Å². The lowest BCUT2D eigenvalue weighted by atomic mass is 9.79. The zero-order valence-corrected chi connectivity index (χ0v) is 11.9. The number of anilines is 1. The van der Waals surface area contributed by atoms with E-state index in [1.54, 1.807) is 13.2 Å². The molecular weight excluding hydrogens is 238 g/mol. The molecule has 0 spiro atoms. The highest BCUT2D eigenvalue weighted by molar-refractivity contribution is 5.92. The minimum Gasteiger partial charge on any atom is -0.382 e. The lowest BCUT2D eigenvalue weighted by Gasteiger charge is -2.33. The Hall–Kier alpha value is -1.58. The molecule has 1 aliphatic carbocycles. The molecule has 3 atom stereocenters. The van der Waals surface area contributed by atoms with Gasteiger partial charge >= 0.3 is 0 Å². The summed E-state index contributed by atoms with van der Waals surface area (Å²) in [6.45, 7) is 4.65. The van der Waals surface area contributed by atoms with E-state index in [-0.39, 0.29) is 5.91 Å². The largest absolute Gasteiger partial charge is 0.382 e. The van der Waals surface area contributed by atoms with Crippen molar-refractivity contribution in [2.75, 3.05) is 12.4 Å². The van der Waals surface area contributed by atoms with E-state index in [1.807, 2.05) is 12.1 Å². The summed E-state index contributed by atoms with van der Waals surface area (Å²) in [6, 6.07) is 4.25. The third-order valence-corrected chi connectivity index (χ3v) is 4.19. The molecule has 19 heavy (non-hydrogen) atoms. The van der Waals surface area contributed by atoms with Crippen molar-refractivity contribution < 1.29 is 4.79 Å². The van der Waals surface area contributed by atoms with E-state index < -0.39 is 0 Å². The summed E-state index contributed by atoms with van der Waals surface area (Å²) in [7, 11) is 1.62. The first-order valence-electron chi connectivity index (χ1n) is 7.04. The van der Waals surface area contributed by atoms with Crippen molar-refractivity contribution in [1.82, 2.24) is 10.3 Å². The number of nitrogens with one attached hydrogen (secondary N) is 2. The van der Waals surface area contributed by atoms with Gasteiger partial charge in [0, 0.05) is 25.0 Å². The molecular formula is C15H23N3O. The van der Waals surface area contributed by atoms with Gasteiger partial charge in [-0.2, -0.15) is 0 Å². The van der Waals surface area contributed by atoms with Crippen LogP contribution in [0, 0.1) is 11.8 Å². The zero-order valence-electron chi connectivity index (χ0n) is 11.9. The second-order valence-corrected chi connectivity index (χ2v) is 5.62. The van der Waals surface area contributed by atoms with Crippen LogP contribution in [-0.4, -0.2) is 24.0 Å². The second kappa shape index (κ2) is 6.04. The van der Waals surface area contributed by atoms with Gasteiger partial charge in [0.1, 0.15) is 5.69 Å². The van der Waals surface area contributed by atoms with Crippen molar-refractivity contribution in [3.63, 3.8) is 0 Å². The Kier molecular flexibility index (Phi) is 4.40. The third kappa shape index (κ3) is 3.46. The van der Waals surface area contributed by atoms with E-state index in [4.69, 9.17) is 0 Å². The van der Waals surface area contributed by atoms with E-state index >= 15 is 0 Å². The fraction of sp³-hybridized carbons (Fsp3) is 0.600. The Labute approximate surface area is 115 Å². The van der Waals surface area contributed by atoms with Crippen LogP contribution in [0.4, 0.5) is 5.69 Å². The lowest BCUT2D eigenvalue weighted by Crippen LogP contribution is -2.30. The predicted octanol–water partition coefficient (Wildman–Crippen LogP) is 2.68. The van der Waals surface area contributed by atoms with Crippen molar-refractivity contribution >= 4 is 11.6 Å². The molecule has 1 amide bonds. The molecule has 1 saturated carbocycles. The smallest absolute Gasteiger partial charge is 0.269 e. The van der Waals surface area contributed by atoms with Crippen molar-refractivity contribution in [1.29, 1.82) is 0 Å². The number of amides is 1. The van der Waals surface area contributed by atoms with Crippen molar-refractivity contribution in [2.24, 2.45) is 11.8 Å². The standard InChI is InChI=1S/C15H23N3O/c1-10-4-5-12(8-11(10)2)18-13-6-7-17-14(9-13)15(19)16-3/h6-7,9-12H,4-5,8H2,1-3H3,(H,16,19)(H,17,18). The maximum absolute atomic E-state index is 11.6. The SMILES string of the molecule is CNC(=O)c1cc(NC2CCC(C)C(C)C2)ccn1. The molecule has 104 valence electrons. The molecule has 4 nitrogen and oxygen atoms in total. The van der Waals surface area contributed by atoms with Crippen LogP contribution in [-0.2, 0) is 0 Å². The van der Waals surface area contributed by atoms with Crippen molar-refractivity contribution in [3.05, 3.63) is 24.0 Å². The number of pyridine rings is 1. The first kappa shape index (κ1) is 13.8. The van der Waals surface area contributed by atoms with Gasteiger partial charge in [0.05, 0.1) is 0 Å². The zero-order chi connectivity index (χ0) is 13.8. The summed E-state index contributed by atoms with van der Waals surface area (Å²) in [5.41, 5.74) is 1.45. The van der Waals surface area contributed by atoms with Gasteiger partial charge in [-0.25, -0.2) is 0 Å². The summed E-state index contributed by atoms with van der Waals surface area (Å²) in [5, 5.41) is 6.13. The predicted molar refractivity (Wildman–Crippen MR) is 77.2 cm³/mol. The van der Waals surface area contributed by atoms with Crippen LogP contribution in [0.1, 0.15) is 43.6 Å². The monoisotopic (exact) mass is 261 g/mol. The van der Waals surface area contributed by atoms with Gasteiger partial charge in [-0.3, -0.25) is 9.78 Å². The van der Waals surface area contributed by atoms with Gasteiger partial charge in [0.25, 0.3) is 5.91 Å². The maximum atomic E-state index is 11.6. The summed E-state index contributed by atoms with van der Waals surface area (Å²) in [5.74, 6) is 1.43. The highest BCUT2D eigenvalue weighted by atomic mass is 16.1. The Bertz CT molecular complexity index is 447. The maximum Gasteiger partial charge on any atom is 0.269 e. The molecule has 1 aliphatic rings. The van der Waals surface area contributed by atoms with Gasteiger partial charge in [-0.05, 0) is 43.2 Å². The fourth-order valence-electron chi connectivity index (χ4n) is 2.69. The molecule has 2 N–H and O–H groups in total. The molecule has 1 aromatic rings. The molecule has 0 radical (unpaired) electrons.